The van der Waals surface area contributed by atoms with Gasteiger partial charge in [0.25, 0.3) is 5.09 Å². The zero-order chi connectivity index (χ0) is 20.5. The summed E-state index contributed by atoms with van der Waals surface area (Å²) in [7, 11) is 0. The van der Waals surface area contributed by atoms with E-state index in [2.05, 4.69) is 4.98 Å². The van der Waals surface area contributed by atoms with E-state index in [-0.39, 0.29) is 6.10 Å². The molecule has 3 rings (SSSR count). The smallest absolute Gasteiger partial charge is 0.291 e. The summed E-state index contributed by atoms with van der Waals surface area (Å²) < 4.78 is 8.09. The number of halogens is 3. The summed E-state index contributed by atoms with van der Waals surface area (Å²) in [6.07, 6.45) is 5.22. The highest BCUT2D eigenvalue weighted by Crippen LogP contribution is 2.28. The van der Waals surface area contributed by atoms with Crippen molar-refractivity contribution in [3.63, 3.8) is 0 Å². The second kappa shape index (κ2) is 10.9. The van der Waals surface area contributed by atoms with Crippen molar-refractivity contribution >= 4 is 34.8 Å². The van der Waals surface area contributed by atoms with E-state index >= 15 is 0 Å². The molecule has 1 unspecified atom stereocenters. The zero-order valence-corrected chi connectivity index (χ0v) is 16.7. The first-order valence-electron chi connectivity index (χ1n) is 7.95. The number of hydrogen-bond donors (Lipinski definition) is 1. The number of ether oxygens (including phenoxy) is 1. The van der Waals surface area contributed by atoms with Gasteiger partial charge in [0, 0.05) is 33.0 Å². The summed E-state index contributed by atoms with van der Waals surface area (Å²) in [6, 6.07) is 13.0. The minimum absolute atomic E-state index is 0.177. The van der Waals surface area contributed by atoms with Crippen molar-refractivity contribution in [2.45, 2.75) is 19.3 Å². The van der Waals surface area contributed by atoms with Crippen LogP contribution in [0.3, 0.4) is 0 Å². The van der Waals surface area contributed by atoms with Gasteiger partial charge in [0.1, 0.15) is 6.10 Å². The Balaban J connectivity index is 0.000000640. The molecule has 148 valence electrons. The highest BCUT2D eigenvalue weighted by atomic mass is 35.5. The summed E-state index contributed by atoms with van der Waals surface area (Å²) >= 11 is 18.4. The summed E-state index contributed by atoms with van der Waals surface area (Å²) in [4.78, 5) is 12.4. The van der Waals surface area contributed by atoms with Gasteiger partial charge in [-0.15, -0.1) is 10.1 Å². The van der Waals surface area contributed by atoms with E-state index in [9.17, 15) is 0 Å². The quantitative estimate of drug-likeness (QED) is 0.403. The summed E-state index contributed by atoms with van der Waals surface area (Å²) in [5.74, 6) is 0. The van der Waals surface area contributed by atoms with Crippen LogP contribution in [0.4, 0.5) is 0 Å². The van der Waals surface area contributed by atoms with Crippen LogP contribution in [-0.2, 0) is 17.9 Å². The van der Waals surface area contributed by atoms with Gasteiger partial charge in [-0.3, -0.25) is 0 Å². The van der Waals surface area contributed by atoms with Gasteiger partial charge in [-0.2, -0.15) is 0 Å². The number of hydrogen-bond acceptors (Lipinski definition) is 4. The molecule has 0 aliphatic rings. The van der Waals surface area contributed by atoms with Crippen LogP contribution in [0, 0.1) is 10.1 Å². The third kappa shape index (κ3) is 7.01. The molecular formula is C18H16Cl3N3O4. The first kappa shape index (κ1) is 22.0. The largest absolute Gasteiger partial charge is 0.367 e. The van der Waals surface area contributed by atoms with E-state index in [1.807, 2.05) is 41.1 Å². The highest BCUT2D eigenvalue weighted by Gasteiger charge is 2.15. The summed E-state index contributed by atoms with van der Waals surface area (Å²) in [5.41, 5.74) is 1.81. The predicted octanol–water partition coefficient (Wildman–Crippen LogP) is 5.45. The van der Waals surface area contributed by atoms with Gasteiger partial charge in [-0.1, -0.05) is 53.0 Å². The first-order chi connectivity index (χ1) is 13.4. The number of benzene rings is 2. The van der Waals surface area contributed by atoms with Crippen molar-refractivity contribution in [3.05, 3.63) is 97.5 Å². The Labute approximate surface area is 176 Å². The molecule has 28 heavy (non-hydrogen) atoms. The second-order valence-corrected chi connectivity index (χ2v) is 6.80. The molecule has 0 aliphatic carbocycles. The number of imidazole rings is 1. The maximum absolute atomic E-state index is 8.36. The van der Waals surface area contributed by atoms with Crippen LogP contribution in [0.2, 0.25) is 15.1 Å². The van der Waals surface area contributed by atoms with Crippen LogP contribution in [0.5, 0.6) is 0 Å². The number of aromatic nitrogens is 2. The lowest BCUT2D eigenvalue weighted by Crippen LogP contribution is -2.12. The Morgan fingerprint density at radius 3 is 2.29 bits per heavy atom. The second-order valence-electron chi connectivity index (χ2n) is 5.55. The Bertz CT molecular complexity index is 865. The third-order valence-electron chi connectivity index (χ3n) is 3.67. The number of nitrogens with zero attached hydrogens (tertiary/aromatic N) is 3. The van der Waals surface area contributed by atoms with E-state index < -0.39 is 5.09 Å². The van der Waals surface area contributed by atoms with Crippen molar-refractivity contribution in [1.29, 1.82) is 0 Å². The molecule has 0 saturated carbocycles. The Morgan fingerprint density at radius 1 is 1.14 bits per heavy atom. The fourth-order valence-corrected chi connectivity index (χ4v) is 3.00. The van der Waals surface area contributed by atoms with E-state index in [1.54, 1.807) is 24.7 Å². The van der Waals surface area contributed by atoms with Gasteiger partial charge in [0.05, 0.1) is 19.5 Å². The molecule has 1 aromatic heterocycles. The van der Waals surface area contributed by atoms with Gasteiger partial charge in [-0.25, -0.2) is 4.98 Å². The van der Waals surface area contributed by atoms with Crippen LogP contribution < -0.4 is 0 Å². The molecule has 0 spiro atoms. The molecule has 7 nitrogen and oxygen atoms in total. The van der Waals surface area contributed by atoms with Gasteiger partial charge in [0.2, 0.25) is 0 Å². The Morgan fingerprint density at radius 2 is 1.75 bits per heavy atom. The van der Waals surface area contributed by atoms with Crippen molar-refractivity contribution < 1.29 is 15.0 Å². The van der Waals surface area contributed by atoms with Crippen molar-refractivity contribution in [2.75, 3.05) is 0 Å². The van der Waals surface area contributed by atoms with E-state index in [0.29, 0.717) is 28.2 Å². The molecular weight excluding hydrogens is 429 g/mol. The van der Waals surface area contributed by atoms with Crippen molar-refractivity contribution in [3.8, 4) is 0 Å². The SMILES string of the molecule is Clc1ccc(C(Cn2ccnc2)OCc2c(Cl)cccc2Cl)cc1.O=[N+]([O-])O. The molecule has 0 fully saturated rings. The van der Waals surface area contributed by atoms with Crippen LogP contribution in [0.1, 0.15) is 17.2 Å². The van der Waals surface area contributed by atoms with Crippen LogP contribution in [0.15, 0.2) is 61.2 Å². The molecule has 10 heteroatoms. The lowest BCUT2D eigenvalue weighted by molar-refractivity contribution is -0.742. The lowest BCUT2D eigenvalue weighted by Gasteiger charge is -2.20. The van der Waals surface area contributed by atoms with Crippen molar-refractivity contribution in [1.82, 2.24) is 9.55 Å². The fraction of sp³-hybridized carbons (Fsp3) is 0.167. The minimum atomic E-state index is -1.50. The van der Waals surface area contributed by atoms with Crippen LogP contribution in [-0.4, -0.2) is 19.8 Å². The van der Waals surface area contributed by atoms with E-state index in [4.69, 9.17) is 54.9 Å². The monoisotopic (exact) mass is 443 g/mol. The van der Waals surface area contributed by atoms with Crippen molar-refractivity contribution in [2.24, 2.45) is 0 Å². The maximum Gasteiger partial charge on any atom is 0.291 e. The molecule has 0 radical (unpaired) electrons. The summed E-state index contributed by atoms with van der Waals surface area (Å²) in [6.45, 7) is 0.949. The molecule has 0 bridgehead atoms. The van der Waals surface area contributed by atoms with Gasteiger partial charge in [-0.05, 0) is 29.8 Å². The van der Waals surface area contributed by atoms with Crippen LogP contribution in [0.25, 0.3) is 0 Å². The topological polar surface area (TPSA) is 90.4 Å². The first-order valence-corrected chi connectivity index (χ1v) is 9.09. The Kier molecular flexibility index (Phi) is 8.53. The molecule has 0 saturated heterocycles. The predicted molar refractivity (Wildman–Crippen MR) is 106 cm³/mol. The minimum Gasteiger partial charge on any atom is -0.367 e. The number of rotatable bonds is 6. The highest BCUT2D eigenvalue weighted by molar-refractivity contribution is 6.35. The molecule has 1 atom stereocenters. The van der Waals surface area contributed by atoms with Gasteiger partial charge >= 0.3 is 0 Å². The summed E-state index contributed by atoms with van der Waals surface area (Å²) in [5, 5.41) is 15.5. The fourth-order valence-electron chi connectivity index (χ4n) is 2.37. The van der Waals surface area contributed by atoms with E-state index in [0.717, 1.165) is 11.1 Å². The Hall–Kier alpha value is -2.32. The van der Waals surface area contributed by atoms with Crippen LogP contribution >= 0.6 is 34.8 Å². The van der Waals surface area contributed by atoms with E-state index in [1.165, 1.54) is 0 Å². The lowest BCUT2D eigenvalue weighted by atomic mass is 10.1. The van der Waals surface area contributed by atoms with Gasteiger partial charge < -0.3 is 14.5 Å². The molecule has 0 amide bonds. The third-order valence-corrected chi connectivity index (χ3v) is 4.63. The standard InChI is InChI=1S/C18H15Cl3N2O.HNO3/c19-14-6-4-13(5-7-14)18(10-23-9-8-22-12-23)24-11-15-16(20)2-1-3-17(15)21;2-1(3)4/h1-9,12,18H,10-11H2;(H,2,3,4). The molecule has 1 N–H and O–H groups in total. The maximum atomic E-state index is 8.36. The molecule has 0 aliphatic heterocycles. The zero-order valence-electron chi connectivity index (χ0n) is 14.4. The molecule has 1 heterocycles. The van der Waals surface area contributed by atoms with Gasteiger partial charge in [0.15, 0.2) is 0 Å². The normalized spacial score (nSPS) is 11.4. The molecule has 2 aromatic carbocycles. The molecule has 3 aromatic rings. The average molecular weight is 445 g/mol. The average Bonchev–Trinajstić information content (AvgIpc) is 3.14.